The van der Waals surface area contributed by atoms with E-state index >= 15 is 0 Å². The molecule has 3 N–H and O–H groups in total. The lowest BCUT2D eigenvalue weighted by molar-refractivity contribution is -0.146. The molecule has 0 saturated carbocycles. The Bertz CT molecular complexity index is 1110. The van der Waals surface area contributed by atoms with E-state index in [9.17, 15) is 4.79 Å². The Morgan fingerprint density at radius 1 is 0.857 bits per heavy atom. The van der Waals surface area contributed by atoms with Gasteiger partial charge in [0, 0.05) is 22.1 Å². The van der Waals surface area contributed by atoms with Crippen LogP contribution in [0.4, 0.5) is 0 Å². The number of nitrogens with zero attached hydrogens (tertiary/aromatic N) is 1. The highest BCUT2D eigenvalue weighted by atomic mass is 32.2. The van der Waals surface area contributed by atoms with Crippen molar-refractivity contribution in [2.75, 3.05) is 0 Å². The van der Waals surface area contributed by atoms with Gasteiger partial charge in [0.2, 0.25) is 11.3 Å². The summed E-state index contributed by atoms with van der Waals surface area (Å²) in [6.45, 7) is 5.42. The van der Waals surface area contributed by atoms with Crippen molar-refractivity contribution in [2.24, 2.45) is 10.9 Å². The lowest BCUT2D eigenvalue weighted by Crippen LogP contribution is -2.38. The summed E-state index contributed by atoms with van der Waals surface area (Å²) in [5.74, 6) is -0.603. The molecule has 6 nitrogen and oxygen atoms in total. The molecule has 4 rings (SSSR count). The lowest BCUT2D eigenvalue weighted by Gasteiger charge is -2.33. The van der Waals surface area contributed by atoms with Crippen molar-refractivity contribution in [3.8, 4) is 0 Å². The van der Waals surface area contributed by atoms with Crippen LogP contribution < -0.4 is 11.1 Å². The van der Waals surface area contributed by atoms with Crippen LogP contribution in [0.25, 0.3) is 0 Å². The average Bonchev–Trinajstić information content (AvgIpc) is 3.28. The molecule has 0 aliphatic carbocycles. The molecule has 0 spiro atoms. The van der Waals surface area contributed by atoms with Crippen LogP contribution in [0.1, 0.15) is 37.5 Å². The highest BCUT2D eigenvalue weighted by Gasteiger charge is 2.40. The molecular formula is C28H29N3O3S. The van der Waals surface area contributed by atoms with Crippen LogP contribution in [0.15, 0.2) is 107 Å². The van der Waals surface area contributed by atoms with E-state index in [0.717, 1.165) is 16.7 Å². The standard InChI is InChI=1S/C28H29N3O3S/c1-27(2,3)33-25(32)24(23-19-35-26(29)30-23)31-34-28(20-13-7-4-8-14-20,21-15-9-5-10-16-21)22-17-11-6-12-18-22/h4-19,26,30H,29H2,1-3H3/b31-24-. The second-order valence-corrected chi connectivity index (χ2v) is 10.1. The first kappa shape index (κ1) is 24.6. The number of thioether (sulfide) groups is 1. The molecule has 1 heterocycles. The quantitative estimate of drug-likeness (QED) is 0.208. The molecule has 0 radical (unpaired) electrons. The molecule has 1 unspecified atom stereocenters. The van der Waals surface area contributed by atoms with Gasteiger partial charge in [0.15, 0.2) is 0 Å². The Balaban J connectivity index is 1.89. The average molecular weight is 488 g/mol. The van der Waals surface area contributed by atoms with E-state index in [0.29, 0.717) is 5.70 Å². The number of benzene rings is 3. The van der Waals surface area contributed by atoms with E-state index in [1.807, 2.05) is 112 Å². The minimum atomic E-state index is -1.12. The maximum atomic E-state index is 13.2. The maximum Gasteiger partial charge on any atom is 0.363 e. The number of carbonyl (C=O) groups excluding carboxylic acids is 1. The molecule has 1 aliphatic heterocycles. The fourth-order valence-corrected chi connectivity index (χ4v) is 4.46. The summed E-state index contributed by atoms with van der Waals surface area (Å²) in [5, 5.41) is 9.29. The predicted molar refractivity (Wildman–Crippen MR) is 140 cm³/mol. The summed E-state index contributed by atoms with van der Waals surface area (Å²) in [6.07, 6.45) is 0. The van der Waals surface area contributed by atoms with Gasteiger partial charge in [-0.05, 0) is 20.8 Å². The summed E-state index contributed by atoms with van der Waals surface area (Å²) in [4.78, 5) is 19.7. The van der Waals surface area contributed by atoms with Gasteiger partial charge in [-0.2, -0.15) is 0 Å². The van der Waals surface area contributed by atoms with Gasteiger partial charge in [0.1, 0.15) is 11.1 Å². The molecule has 3 aromatic rings. The fourth-order valence-electron chi connectivity index (χ4n) is 3.80. The summed E-state index contributed by atoms with van der Waals surface area (Å²) in [5.41, 5.74) is 6.86. The van der Waals surface area contributed by atoms with Crippen molar-refractivity contribution in [3.63, 3.8) is 0 Å². The van der Waals surface area contributed by atoms with Crippen molar-refractivity contribution >= 4 is 23.4 Å². The molecule has 0 saturated heterocycles. The Hall–Kier alpha value is -3.55. The Morgan fingerprint density at radius 3 is 1.69 bits per heavy atom. The molecule has 3 aromatic carbocycles. The monoisotopic (exact) mass is 487 g/mol. The van der Waals surface area contributed by atoms with E-state index in [4.69, 9.17) is 15.3 Å². The zero-order chi connectivity index (χ0) is 24.9. The highest BCUT2D eigenvalue weighted by Crippen LogP contribution is 2.41. The van der Waals surface area contributed by atoms with Crippen LogP contribution in [0.3, 0.4) is 0 Å². The van der Waals surface area contributed by atoms with Crippen molar-refractivity contribution < 1.29 is 14.4 Å². The van der Waals surface area contributed by atoms with Gasteiger partial charge in [-0.25, -0.2) is 4.79 Å². The minimum Gasteiger partial charge on any atom is -0.455 e. The largest absolute Gasteiger partial charge is 0.455 e. The number of oxime groups is 1. The number of hydrogen-bond donors (Lipinski definition) is 2. The third-order valence-electron chi connectivity index (χ3n) is 5.29. The van der Waals surface area contributed by atoms with Crippen LogP contribution in [0, 0.1) is 0 Å². The summed E-state index contributed by atoms with van der Waals surface area (Å²) in [7, 11) is 0. The molecule has 0 aromatic heterocycles. The summed E-state index contributed by atoms with van der Waals surface area (Å²) < 4.78 is 5.65. The van der Waals surface area contributed by atoms with Gasteiger partial charge in [-0.3, -0.25) is 0 Å². The smallest absolute Gasteiger partial charge is 0.363 e. The molecule has 180 valence electrons. The van der Waals surface area contributed by atoms with Gasteiger partial charge >= 0.3 is 5.97 Å². The van der Waals surface area contributed by atoms with E-state index < -0.39 is 17.2 Å². The van der Waals surface area contributed by atoms with Crippen molar-refractivity contribution in [3.05, 3.63) is 119 Å². The number of carbonyl (C=O) groups is 1. The van der Waals surface area contributed by atoms with E-state index in [1.54, 1.807) is 5.41 Å². The van der Waals surface area contributed by atoms with Gasteiger partial charge < -0.3 is 20.6 Å². The van der Waals surface area contributed by atoms with E-state index in [1.165, 1.54) is 11.8 Å². The zero-order valence-electron chi connectivity index (χ0n) is 20.0. The third-order valence-corrected chi connectivity index (χ3v) is 6.08. The molecular weight excluding hydrogens is 458 g/mol. The second-order valence-electron chi connectivity index (χ2n) is 9.04. The molecule has 0 amide bonds. The third kappa shape index (κ3) is 5.58. The van der Waals surface area contributed by atoms with Gasteiger partial charge in [0.05, 0.1) is 5.70 Å². The first-order valence-corrected chi connectivity index (χ1v) is 12.3. The highest BCUT2D eigenvalue weighted by molar-refractivity contribution is 8.02. The first-order valence-electron chi connectivity index (χ1n) is 11.3. The van der Waals surface area contributed by atoms with Crippen molar-refractivity contribution in [1.29, 1.82) is 0 Å². The van der Waals surface area contributed by atoms with Crippen LogP contribution in [0.5, 0.6) is 0 Å². The van der Waals surface area contributed by atoms with Crippen LogP contribution in [-0.2, 0) is 20.0 Å². The van der Waals surface area contributed by atoms with Crippen LogP contribution >= 0.6 is 11.8 Å². The summed E-state index contributed by atoms with van der Waals surface area (Å²) in [6, 6.07) is 29.5. The van der Waals surface area contributed by atoms with Gasteiger partial charge in [-0.15, -0.1) is 0 Å². The fraction of sp³-hybridized carbons (Fsp3) is 0.214. The molecule has 35 heavy (non-hydrogen) atoms. The SMILES string of the molecule is CC(C)(C)OC(=O)/C(=N\OC(c1ccccc1)(c1ccccc1)c1ccccc1)C1=CSC(N)N1. The Kier molecular flexibility index (Phi) is 7.28. The van der Waals surface area contributed by atoms with E-state index in [2.05, 4.69) is 10.5 Å². The van der Waals surface area contributed by atoms with Gasteiger partial charge in [-0.1, -0.05) is 108 Å². The number of rotatable bonds is 7. The maximum absolute atomic E-state index is 13.2. The molecule has 1 atom stereocenters. The van der Waals surface area contributed by atoms with Crippen molar-refractivity contribution in [1.82, 2.24) is 5.32 Å². The van der Waals surface area contributed by atoms with Crippen LogP contribution in [-0.4, -0.2) is 22.8 Å². The molecule has 0 bridgehead atoms. The molecule has 1 aliphatic rings. The van der Waals surface area contributed by atoms with E-state index in [-0.39, 0.29) is 11.2 Å². The predicted octanol–water partition coefficient (Wildman–Crippen LogP) is 5.11. The lowest BCUT2D eigenvalue weighted by atomic mass is 9.80. The van der Waals surface area contributed by atoms with Crippen molar-refractivity contribution in [2.45, 2.75) is 37.5 Å². The number of nitrogens with two attached hydrogens (primary N) is 1. The number of hydrogen-bond acceptors (Lipinski definition) is 7. The van der Waals surface area contributed by atoms with Gasteiger partial charge in [0.25, 0.3) is 0 Å². The first-order chi connectivity index (χ1) is 16.8. The Labute approximate surface area is 210 Å². The molecule has 7 heteroatoms. The van der Waals surface area contributed by atoms with Crippen LogP contribution in [0.2, 0.25) is 0 Å². The second kappa shape index (κ2) is 10.4. The zero-order valence-corrected chi connectivity index (χ0v) is 20.8. The molecule has 0 fully saturated rings. The topological polar surface area (TPSA) is 85.9 Å². The number of ether oxygens (including phenoxy) is 1. The normalized spacial score (nSPS) is 16.3. The minimum absolute atomic E-state index is 0.0209. The summed E-state index contributed by atoms with van der Waals surface area (Å²) >= 11 is 1.35. The Morgan fingerprint density at radius 2 is 1.31 bits per heavy atom. The number of nitrogens with one attached hydrogen (secondary N) is 1. The number of esters is 1.